The first kappa shape index (κ1) is 13.6. The van der Waals surface area contributed by atoms with Crippen molar-refractivity contribution < 1.29 is 9.90 Å². The number of hydrogen-bond acceptors (Lipinski definition) is 3. The van der Waals surface area contributed by atoms with Crippen molar-refractivity contribution in [2.45, 2.75) is 26.0 Å². The molecule has 1 saturated carbocycles. The zero-order valence-electron chi connectivity index (χ0n) is 11.8. The molecule has 1 aliphatic heterocycles. The molecule has 4 heteroatoms. The fourth-order valence-electron chi connectivity index (χ4n) is 2.72. The molecule has 108 valence electrons. The Bertz CT molecular complexity index is 468. The molecule has 0 aromatic heterocycles. The first-order valence-corrected chi connectivity index (χ1v) is 7.43. The highest BCUT2D eigenvalue weighted by molar-refractivity contribution is 5.79. The Morgan fingerprint density at radius 3 is 2.40 bits per heavy atom. The van der Waals surface area contributed by atoms with Crippen molar-refractivity contribution >= 4 is 5.91 Å². The summed E-state index contributed by atoms with van der Waals surface area (Å²) < 4.78 is 0. The molecule has 20 heavy (non-hydrogen) atoms. The van der Waals surface area contributed by atoms with Gasteiger partial charge in [-0.15, -0.1) is 0 Å². The van der Waals surface area contributed by atoms with Crippen molar-refractivity contribution in [3.05, 3.63) is 35.4 Å². The van der Waals surface area contributed by atoms with Gasteiger partial charge < -0.3 is 10.0 Å². The van der Waals surface area contributed by atoms with E-state index in [9.17, 15) is 4.79 Å². The quantitative estimate of drug-likeness (QED) is 0.878. The Kier molecular flexibility index (Phi) is 4.03. The minimum Gasteiger partial charge on any atom is -0.392 e. The predicted molar refractivity (Wildman–Crippen MR) is 76.9 cm³/mol. The summed E-state index contributed by atoms with van der Waals surface area (Å²) in [5, 5.41) is 9.03. The topological polar surface area (TPSA) is 43.8 Å². The van der Waals surface area contributed by atoms with Crippen LogP contribution in [-0.2, 0) is 17.9 Å². The first-order valence-electron chi connectivity index (χ1n) is 7.43. The third-order valence-electron chi connectivity index (χ3n) is 4.19. The monoisotopic (exact) mass is 274 g/mol. The molecule has 0 bridgehead atoms. The number of hydrogen-bond donors (Lipinski definition) is 1. The van der Waals surface area contributed by atoms with Crippen LogP contribution in [0.5, 0.6) is 0 Å². The van der Waals surface area contributed by atoms with Gasteiger partial charge in [0.15, 0.2) is 0 Å². The molecule has 1 amide bonds. The Morgan fingerprint density at radius 1 is 1.10 bits per heavy atom. The van der Waals surface area contributed by atoms with Crippen molar-refractivity contribution in [1.29, 1.82) is 0 Å². The highest BCUT2D eigenvalue weighted by atomic mass is 16.3. The Morgan fingerprint density at radius 2 is 1.80 bits per heavy atom. The van der Waals surface area contributed by atoms with Gasteiger partial charge in [-0.05, 0) is 29.9 Å². The average Bonchev–Trinajstić information content (AvgIpc) is 3.27. The van der Waals surface area contributed by atoms with E-state index in [1.807, 2.05) is 29.2 Å². The van der Waals surface area contributed by atoms with E-state index in [2.05, 4.69) is 4.90 Å². The van der Waals surface area contributed by atoms with E-state index in [1.165, 1.54) is 12.8 Å². The number of carbonyl (C=O) groups excluding carboxylic acids is 1. The first-order chi connectivity index (χ1) is 9.74. The molecule has 1 N–H and O–H groups in total. The second kappa shape index (κ2) is 5.94. The molecule has 0 spiro atoms. The molecule has 2 fully saturated rings. The fourth-order valence-corrected chi connectivity index (χ4v) is 2.72. The normalized spacial score (nSPS) is 20.4. The lowest BCUT2D eigenvalue weighted by Crippen LogP contribution is -2.50. The van der Waals surface area contributed by atoms with Crippen LogP contribution in [-0.4, -0.2) is 47.0 Å². The molecule has 1 aromatic rings. The molecule has 1 heterocycles. The van der Waals surface area contributed by atoms with E-state index in [4.69, 9.17) is 5.11 Å². The Labute approximate surface area is 120 Å². The zero-order chi connectivity index (χ0) is 13.9. The summed E-state index contributed by atoms with van der Waals surface area (Å²) in [6.07, 6.45) is 2.68. The maximum absolute atomic E-state index is 12.2. The molecular weight excluding hydrogens is 252 g/mol. The second-order valence-corrected chi connectivity index (χ2v) is 5.97. The lowest BCUT2D eigenvalue weighted by Gasteiger charge is -2.34. The summed E-state index contributed by atoms with van der Waals surface area (Å²) in [5.41, 5.74) is 2.04. The molecule has 1 aromatic carbocycles. The van der Waals surface area contributed by atoms with Gasteiger partial charge in [-0.2, -0.15) is 0 Å². The number of carbonyl (C=O) groups is 1. The van der Waals surface area contributed by atoms with E-state index in [0.717, 1.165) is 36.7 Å². The van der Waals surface area contributed by atoms with Crippen LogP contribution in [0.4, 0.5) is 0 Å². The van der Waals surface area contributed by atoms with Crippen molar-refractivity contribution in [3.63, 3.8) is 0 Å². The smallest absolute Gasteiger partial charge is 0.237 e. The standard InChI is InChI=1S/C16H22N2O2/c19-12-15-5-3-14(4-6-15)10-18-8-7-17(11-16(18)20)9-13-1-2-13/h3-6,13,19H,1-2,7-12H2. The highest BCUT2D eigenvalue weighted by Crippen LogP contribution is 2.30. The minimum atomic E-state index is 0.0685. The summed E-state index contributed by atoms with van der Waals surface area (Å²) in [4.78, 5) is 16.4. The molecule has 0 unspecified atom stereocenters. The van der Waals surface area contributed by atoms with E-state index < -0.39 is 0 Å². The zero-order valence-corrected chi connectivity index (χ0v) is 11.8. The third kappa shape index (κ3) is 3.38. The van der Waals surface area contributed by atoms with Crippen LogP contribution in [0.1, 0.15) is 24.0 Å². The highest BCUT2D eigenvalue weighted by Gasteiger charge is 2.29. The average molecular weight is 274 g/mol. The van der Waals surface area contributed by atoms with Crippen LogP contribution in [0.15, 0.2) is 24.3 Å². The largest absolute Gasteiger partial charge is 0.392 e. The van der Waals surface area contributed by atoms with Crippen LogP contribution in [0.3, 0.4) is 0 Å². The van der Waals surface area contributed by atoms with Crippen molar-refractivity contribution in [3.8, 4) is 0 Å². The molecule has 3 rings (SSSR count). The number of rotatable bonds is 5. The number of amides is 1. The van der Waals surface area contributed by atoms with Crippen LogP contribution in [0, 0.1) is 5.92 Å². The Hall–Kier alpha value is -1.39. The van der Waals surface area contributed by atoms with Gasteiger partial charge in [0.1, 0.15) is 0 Å². The summed E-state index contributed by atoms with van der Waals surface area (Å²) in [6, 6.07) is 7.83. The molecule has 0 atom stereocenters. The van der Waals surface area contributed by atoms with Gasteiger partial charge in [0, 0.05) is 26.2 Å². The second-order valence-electron chi connectivity index (χ2n) is 5.97. The van der Waals surface area contributed by atoms with Crippen LogP contribution in [0.2, 0.25) is 0 Å². The SMILES string of the molecule is O=C1CN(CC2CC2)CCN1Cc1ccc(CO)cc1. The van der Waals surface area contributed by atoms with E-state index >= 15 is 0 Å². The predicted octanol–water partition coefficient (Wildman–Crippen LogP) is 1.23. The van der Waals surface area contributed by atoms with Crippen molar-refractivity contribution in [1.82, 2.24) is 9.80 Å². The van der Waals surface area contributed by atoms with Gasteiger partial charge in [-0.1, -0.05) is 24.3 Å². The summed E-state index contributed by atoms with van der Waals surface area (Å²) in [5.74, 6) is 1.09. The molecule has 2 aliphatic rings. The van der Waals surface area contributed by atoms with Gasteiger partial charge in [0.2, 0.25) is 5.91 Å². The number of benzene rings is 1. The number of nitrogens with zero attached hydrogens (tertiary/aromatic N) is 2. The molecular formula is C16H22N2O2. The third-order valence-corrected chi connectivity index (χ3v) is 4.19. The number of aliphatic hydroxyl groups is 1. The number of aliphatic hydroxyl groups excluding tert-OH is 1. The van der Waals surface area contributed by atoms with Gasteiger partial charge in [-0.25, -0.2) is 0 Å². The van der Waals surface area contributed by atoms with Crippen LogP contribution < -0.4 is 0 Å². The van der Waals surface area contributed by atoms with Crippen molar-refractivity contribution in [2.24, 2.45) is 5.92 Å². The lowest BCUT2D eigenvalue weighted by atomic mass is 10.1. The maximum Gasteiger partial charge on any atom is 0.237 e. The van der Waals surface area contributed by atoms with E-state index in [-0.39, 0.29) is 12.5 Å². The molecule has 1 aliphatic carbocycles. The minimum absolute atomic E-state index is 0.0685. The summed E-state index contributed by atoms with van der Waals surface area (Å²) in [7, 11) is 0. The summed E-state index contributed by atoms with van der Waals surface area (Å²) in [6.45, 7) is 4.25. The van der Waals surface area contributed by atoms with Gasteiger partial charge in [-0.3, -0.25) is 9.69 Å². The van der Waals surface area contributed by atoms with E-state index in [0.29, 0.717) is 13.1 Å². The summed E-state index contributed by atoms with van der Waals surface area (Å²) >= 11 is 0. The van der Waals surface area contributed by atoms with Gasteiger partial charge in [0.25, 0.3) is 0 Å². The molecule has 0 radical (unpaired) electrons. The lowest BCUT2D eigenvalue weighted by molar-refractivity contribution is -0.136. The fraction of sp³-hybridized carbons (Fsp3) is 0.562. The molecule has 4 nitrogen and oxygen atoms in total. The van der Waals surface area contributed by atoms with Gasteiger partial charge in [0.05, 0.1) is 13.2 Å². The van der Waals surface area contributed by atoms with Crippen molar-refractivity contribution in [2.75, 3.05) is 26.2 Å². The van der Waals surface area contributed by atoms with Crippen LogP contribution in [0.25, 0.3) is 0 Å². The number of piperazine rings is 1. The van der Waals surface area contributed by atoms with Crippen LogP contribution >= 0.6 is 0 Å². The molecule has 1 saturated heterocycles. The maximum atomic E-state index is 12.2. The van der Waals surface area contributed by atoms with Gasteiger partial charge >= 0.3 is 0 Å². The van der Waals surface area contributed by atoms with E-state index in [1.54, 1.807) is 0 Å². The Balaban J connectivity index is 1.53.